The molecule has 1 aliphatic carbocycles. The minimum absolute atomic E-state index is 0.0167. The quantitative estimate of drug-likeness (QED) is 0.537. The van der Waals surface area contributed by atoms with E-state index in [2.05, 4.69) is 19.1 Å². The van der Waals surface area contributed by atoms with Gasteiger partial charge in [-0.05, 0) is 35.8 Å². The highest BCUT2D eigenvalue weighted by molar-refractivity contribution is 5.27. The molecule has 0 aromatic heterocycles. The van der Waals surface area contributed by atoms with Gasteiger partial charge < -0.3 is 4.74 Å². The van der Waals surface area contributed by atoms with E-state index < -0.39 is 17.5 Å². The van der Waals surface area contributed by atoms with Crippen LogP contribution in [0.4, 0.5) is 13.2 Å². The first-order valence-corrected chi connectivity index (χ1v) is 9.36. The second-order valence-corrected chi connectivity index (χ2v) is 7.47. The number of aryl methyl sites for hydroxylation is 1. The van der Waals surface area contributed by atoms with Gasteiger partial charge in [-0.1, -0.05) is 56.9 Å². The maximum absolute atomic E-state index is 13.2. The number of ether oxygens (including phenoxy) is 1. The van der Waals surface area contributed by atoms with Crippen molar-refractivity contribution in [3.8, 4) is 5.75 Å². The van der Waals surface area contributed by atoms with Gasteiger partial charge in [0.05, 0.1) is 0 Å². The van der Waals surface area contributed by atoms with Crippen LogP contribution in [0.3, 0.4) is 0 Å². The molecule has 0 unspecified atom stereocenters. The lowest BCUT2D eigenvalue weighted by atomic mass is 9.80. The molecule has 26 heavy (non-hydrogen) atoms. The molecule has 2 aromatic rings. The highest BCUT2D eigenvalue weighted by Crippen LogP contribution is 2.31. The maximum Gasteiger partial charge on any atom is 0.194 e. The molecule has 0 N–H and O–H groups in total. The van der Waals surface area contributed by atoms with Gasteiger partial charge in [0.15, 0.2) is 17.5 Å². The molecule has 3 rings (SSSR count). The van der Waals surface area contributed by atoms with Crippen LogP contribution in [-0.4, -0.2) is 0 Å². The van der Waals surface area contributed by atoms with Gasteiger partial charge in [0.2, 0.25) is 0 Å². The highest BCUT2D eigenvalue weighted by Gasteiger charge is 2.17. The van der Waals surface area contributed by atoms with Crippen molar-refractivity contribution in [2.45, 2.75) is 52.1 Å². The molecule has 1 saturated carbocycles. The molecule has 1 fully saturated rings. The minimum Gasteiger partial charge on any atom is -0.489 e. The van der Waals surface area contributed by atoms with Gasteiger partial charge >= 0.3 is 0 Å². The van der Waals surface area contributed by atoms with E-state index in [1.54, 1.807) is 0 Å². The van der Waals surface area contributed by atoms with E-state index in [-0.39, 0.29) is 12.4 Å². The lowest BCUT2D eigenvalue weighted by molar-refractivity contribution is 0.277. The van der Waals surface area contributed by atoms with Crippen molar-refractivity contribution in [2.24, 2.45) is 11.8 Å². The Labute approximate surface area is 153 Å². The van der Waals surface area contributed by atoms with E-state index in [4.69, 9.17) is 4.74 Å². The maximum atomic E-state index is 13.2. The first-order valence-electron chi connectivity index (χ1n) is 9.36. The van der Waals surface area contributed by atoms with Crippen molar-refractivity contribution in [1.29, 1.82) is 0 Å². The summed E-state index contributed by atoms with van der Waals surface area (Å²) in [5, 5.41) is 0. The van der Waals surface area contributed by atoms with Crippen LogP contribution in [0.1, 0.15) is 50.2 Å². The Hall–Kier alpha value is -1.97. The van der Waals surface area contributed by atoms with Crippen LogP contribution < -0.4 is 4.74 Å². The fourth-order valence-electron chi connectivity index (χ4n) is 3.57. The summed E-state index contributed by atoms with van der Waals surface area (Å²) in [7, 11) is 0. The molecule has 0 amide bonds. The van der Waals surface area contributed by atoms with Crippen molar-refractivity contribution in [3.63, 3.8) is 0 Å². The van der Waals surface area contributed by atoms with Gasteiger partial charge in [0.25, 0.3) is 0 Å². The molecule has 0 atom stereocenters. The fraction of sp³-hybridized carbons (Fsp3) is 0.455. The SMILES string of the molecule is CC1CCC(CCc2ccc(COc3cc(F)c(F)c(F)c3)cc2)CC1. The lowest BCUT2D eigenvalue weighted by Gasteiger charge is -2.26. The summed E-state index contributed by atoms with van der Waals surface area (Å²) in [6.07, 6.45) is 7.71. The van der Waals surface area contributed by atoms with Gasteiger partial charge in [0, 0.05) is 12.1 Å². The van der Waals surface area contributed by atoms with Crippen LogP contribution in [0.15, 0.2) is 36.4 Å². The average Bonchev–Trinajstić information content (AvgIpc) is 2.64. The van der Waals surface area contributed by atoms with Crippen LogP contribution in [0.5, 0.6) is 5.75 Å². The zero-order chi connectivity index (χ0) is 18.5. The van der Waals surface area contributed by atoms with Gasteiger partial charge in [-0.25, -0.2) is 13.2 Å². The molecule has 2 aromatic carbocycles. The summed E-state index contributed by atoms with van der Waals surface area (Å²) in [4.78, 5) is 0. The Balaban J connectivity index is 1.48. The molecule has 4 heteroatoms. The average molecular weight is 362 g/mol. The largest absolute Gasteiger partial charge is 0.489 e. The second-order valence-electron chi connectivity index (χ2n) is 7.47. The van der Waals surface area contributed by atoms with Crippen LogP contribution in [0.2, 0.25) is 0 Å². The van der Waals surface area contributed by atoms with Crippen molar-refractivity contribution < 1.29 is 17.9 Å². The third kappa shape index (κ3) is 5.03. The Bertz CT molecular complexity index is 696. The van der Waals surface area contributed by atoms with E-state index in [9.17, 15) is 13.2 Å². The van der Waals surface area contributed by atoms with E-state index >= 15 is 0 Å². The topological polar surface area (TPSA) is 9.23 Å². The number of hydrogen-bond acceptors (Lipinski definition) is 1. The molecular formula is C22H25F3O. The van der Waals surface area contributed by atoms with Crippen molar-refractivity contribution in [1.82, 2.24) is 0 Å². The molecule has 0 heterocycles. The summed E-state index contributed by atoms with van der Waals surface area (Å²) >= 11 is 0. The Kier molecular flexibility index (Phi) is 6.23. The Morgan fingerprint density at radius 3 is 2.08 bits per heavy atom. The number of halogens is 3. The molecule has 0 spiro atoms. The number of rotatable bonds is 6. The normalized spacial score (nSPS) is 20.2. The molecule has 0 radical (unpaired) electrons. The van der Waals surface area contributed by atoms with Gasteiger partial charge in [0.1, 0.15) is 12.4 Å². The summed E-state index contributed by atoms with van der Waals surface area (Å²) in [5.41, 5.74) is 2.21. The third-order valence-corrected chi connectivity index (χ3v) is 5.36. The van der Waals surface area contributed by atoms with Crippen LogP contribution in [0.25, 0.3) is 0 Å². The molecule has 140 valence electrons. The lowest BCUT2D eigenvalue weighted by Crippen LogP contribution is -2.12. The zero-order valence-corrected chi connectivity index (χ0v) is 15.1. The van der Waals surface area contributed by atoms with Gasteiger partial charge in [-0.15, -0.1) is 0 Å². The summed E-state index contributed by atoms with van der Waals surface area (Å²) < 4.78 is 44.7. The van der Waals surface area contributed by atoms with Crippen LogP contribution in [-0.2, 0) is 13.0 Å². The van der Waals surface area contributed by atoms with Gasteiger partial charge in [-0.2, -0.15) is 0 Å². The van der Waals surface area contributed by atoms with Crippen molar-refractivity contribution in [3.05, 3.63) is 65.0 Å². The summed E-state index contributed by atoms with van der Waals surface area (Å²) in [5.74, 6) is -2.25. The van der Waals surface area contributed by atoms with Crippen LogP contribution in [0, 0.1) is 29.3 Å². The first kappa shape index (κ1) is 18.8. The Morgan fingerprint density at radius 2 is 1.46 bits per heavy atom. The molecule has 1 aliphatic rings. The molecule has 0 aliphatic heterocycles. The zero-order valence-electron chi connectivity index (χ0n) is 15.1. The van der Waals surface area contributed by atoms with Gasteiger partial charge in [-0.3, -0.25) is 0 Å². The standard InChI is InChI=1S/C22H25F3O/c1-15-2-4-16(5-3-15)6-7-17-8-10-18(11-9-17)14-26-19-12-20(23)22(25)21(24)13-19/h8-13,15-16H,2-7,14H2,1H3. The third-order valence-electron chi connectivity index (χ3n) is 5.36. The minimum atomic E-state index is -1.48. The molecule has 1 nitrogen and oxygen atoms in total. The van der Waals surface area contributed by atoms with Crippen molar-refractivity contribution >= 4 is 0 Å². The number of hydrogen-bond donors (Lipinski definition) is 0. The fourth-order valence-corrected chi connectivity index (χ4v) is 3.57. The van der Waals surface area contributed by atoms with E-state index in [0.29, 0.717) is 0 Å². The van der Waals surface area contributed by atoms with E-state index in [1.807, 2.05) is 12.1 Å². The smallest absolute Gasteiger partial charge is 0.194 e. The highest BCUT2D eigenvalue weighted by atomic mass is 19.2. The second kappa shape index (κ2) is 8.61. The van der Waals surface area contributed by atoms with E-state index in [1.165, 1.54) is 37.7 Å². The predicted octanol–water partition coefficient (Wildman–Crippen LogP) is 6.44. The van der Waals surface area contributed by atoms with E-state index in [0.717, 1.165) is 36.0 Å². The molecule has 0 saturated heterocycles. The number of benzene rings is 2. The molecular weight excluding hydrogens is 337 g/mol. The monoisotopic (exact) mass is 362 g/mol. The summed E-state index contributed by atoms with van der Waals surface area (Å²) in [6.45, 7) is 2.52. The first-order chi connectivity index (χ1) is 12.5. The van der Waals surface area contributed by atoms with Crippen molar-refractivity contribution in [2.75, 3.05) is 0 Å². The Morgan fingerprint density at radius 1 is 0.885 bits per heavy atom. The van der Waals surface area contributed by atoms with Crippen LogP contribution >= 0.6 is 0 Å². The predicted molar refractivity (Wildman–Crippen MR) is 96.5 cm³/mol. The molecule has 0 bridgehead atoms. The summed E-state index contributed by atoms with van der Waals surface area (Å²) in [6, 6.07) is 9.81.